The zero-order valence-electron chi connectivity index (χ0n) is 32.9. The van der Waals surface area contributed by atoms with Gasteiger partial charge in [0.2, 0.25) is 5.91 Å². The van der Waals surface area contributed by atoms with Crippen molar-refractivity contribution in [2.45, 2.75) is 145 Å². The second-order valence-electron chi connectivity index (χ2n) is 19.9. The SMILES string of the molecule is C=C(C)[C@@H]1CC[C@]2(CC(=O)NCc3ccc(Cl)cc3Cl)CC[C@]3(C)C(CC[C@@H]4[C@@]5(C)CCC(OC(=O)CC(C)(C)C(=O)O)C(C)(C)[C@@H]5CC[C@]43C)[C@@H]12. The van der Waals surface area contributed by atoms with Crippen molar-refractivity contribution in [1.29, 1.82) is 0 Å². The molecule has 5 saturated carbocycles. The van der Waals surface area contributed by atoms with E-state index >= 15 is 0 Å². The number of carbonyl (C=O) groups is 3. The van der Waals surface area contributed by atoms with Gasteiger partial charge in [-0.1, -0.05) is 76.0 Å². The van der Waals surface area contributed by atoms with Crippen LogP contribution in [0.2, 0.25) is 10.0 Å². The number of aliphatic carboxylic acids is 1. The minimum absolute atomic E-state index is 0.0227. The first-order chi connectivity index (χ1) is 24.1. The van der Waals surface area contributed by atoms with Gasteiger partial charge in [0.25, 0.3) is 0 Å². The number of nitrogens with one attached hydrogen (secondary N) is 1. The Hall–Kier alpha value is -2.05. The number of carbonyl (C=O) groups excluding carboxylic acids is 2. The number of ether oxygens (including phenoxy) is 1. The van der Waals surface area contributed by atoms with Gasteiger partial charge in [0.1, 0.15) is 6.10 Å². The molecule has 1 amide bonds. The van der Waals surface area contributed by atoms with E-state index in [-0.39, 0.29) is 45.5 Å². The summed E-state index contributed by atoms with van der Waals surface area (Å²) in [5.41, 5.74) is 1.20. The highest BCUT2D eigenvalue weighted by Gasteiger charge is 2.71. The molecule has 0 aromatic heterocycles. The molecular weight excluding hydrogens is 693 g/mol. The Morgan fingerprint density at radius 1 is 0.923 bits per heavy atom. The minimum Gasteiger partial charge on any atom is -0.481 e. The monoisotopic (exact) mass is 755 g/mol. The van der Waals surface area contributed by atoms with Crippen LogP contribution in [0.15, 0.2) is 30.4 Å². The summed E-state index contributed by atoms with van der Waals surface area (Å²) in [7, 11) is 0. The molecule has 5 aliphatic carbocycles. The topological polar surface area (TPSA) is 92.7 Å². The van der Waals surface area contributed by atoms with E-state index in [0.717, 1.165) is 56.9 Å². The number of carboxylic acids is 1. The molecule has 0 bridgehead atoms. The number of rotatable bonds is 9. The highest BCUT2D eigenvalue weighted by atomic mass is 35.5. The fourth-order valence-corrected chi connectivity index (χ4v) is 14.1. The summed E-state index contributed by atoms with van der Waals surface area (Å²) in [6.07, 6.45) is 11.1. The van der Waals surface area contributed by atoms with Crippen LogP contribution in [0.1, 0.15) is 138 Å². The maximum atomic E-state index is 13.8. The van der Waals surface area contributed by atoms with E-state index in [4.69, 9.17) is 27.9 Å². The van der Waals surface area contributed by atoms with Crippen molar-refractivity contribution in [3.05, 3.63) is 46.0 Å². The lowest BCUT2D eigenvalue weighted by Crippen LogP contribution is -2.67. The second kappa shape index (κ2) is 13.6. The molecule has 0 spiro atoms. The summed E-state index contributed by atoms with van der Waals surface area (Å²) in [6, 6.07) is 5.44. The molecule has 6 rings (SSSR count). The number of benzene rings is 1. The first kappa shape index (κ1) is 39.6. The van der Waals surface area contributed by atoms with E-state index < -0.39 is 17.4 Å². The maximum absolute atomic E-state index is 13.8. The zero-order chi connectivity index (χ0) is 38.2. The Kier molecular flexibility index (Phi) is 10.4. The number of halogens is 2. The van der Waals surface area contributed by atoms with Crippen LogP contribution in [-0.2, 0) is 25.7 Å². The van der Waals surface area contributed by atoms with Crippen molar-refractivity contribution in [3.8, 4) is 0 Å². The van der Waals surface area contributed by atoms with E-state index in [1.807, 2.05) is 12.1 Å². The number of fused-ring (bicyclic) bond motifs is 7. The van der Waals surface area contributed by atoms with Gasteiger partial charge in [-0.2, -0.15) is 0 Å². The van der Waals surface area contributed by atoms with Crippen molar-refractivity contribution < 1.29 is 24.2 Å². The molecule has 1 aromatic rings. The smallest absolute Gasteiger partial charge is 0.309 e. The molecule has 0 heterocycles. The summed E-state index contributed by atoms with van der Waals surface area (Å²) >= 11 is 12.6. The van der Waals surface area contributed by atoms with Gasteiger partial charge >= 0.3 is 11.9 Å². The van der Waals surface area contributed by atoms with Gasteiger partial charge in [-0.3, -0.25) is 14.4 Å². The van der Waals surface area contributed by atoms with Crippen LogP contribution in [0, 0.1) is 62.1 Å². The van der Waals surface area contributed by atoms with E-state index in [2.05, 4.69) is 53.4 Å². The Balaban J connectivity index is 1.22. The van der Waals surface area contributed by atoms with Crippen molar-refractivity contribution >= 4 is 41.0 Å². The Bertz CT molecular complexity index is 1620. The van der Waals surface area contributed by atoms with E-state index in [0.29, 0.717) is 52.6 Å². The van der Waals surface area contributed by atoms with E-state index in [1.165, 1.54) is 18.4 Å². The second-order valence-corrected chi connectivity index (χ2v) is 20.8. The minimum atomic E-state index is -1.15. The summed E-state index contributed by atoms with van der Waals surface area (Å²) in [5, 5.41) is 14.0. The van der Waals surface area contributed by atoms with Crippen molar-refractivity contribution in [3.63, 3.8) is 0 Å². The van der Waals surface area contributed by atoms with Gasteiger partial charge in [-0.15, -0.1) is 0 Å². The normalized spacial score (nSPS) is 39.3. The lowest BCUT2D eigenvalue weighted by Gasteiger charge is -2.73. The van der Waals surface area contributed by atoms with Crippen molar-refractivity contribution in [2.75, 3.05) is 0 Å². The highest BCUT2D eigenvalue weighted by Crippen LogP contribution is 2.78. The molecule has 2 N–H and O–H groups in total. The zero-order valence-corrected chi connectivity index (χ0v) is 34.4. The lowest BCUT2D eigenvalue weighted by molar-refractivity contribution is -0.250. The molecule has 0 saturated heterocycles. The predicted octanol–water partition coefficient (Wildman–Crippen LogP) is 11.1. The number of hydrogen-bond donors (Lipinski definition) is 2. The third-order valence-corrected chi connectivity index (χ3v) is 17.2. The van der Waals surface area contributed by atoms with Crippen LogP contribution in [0.3, 0.4) is 0 Å². The number of allylic oxidation sites excluding steroid dienone is 1. The number of carboxylic acid groups (broad SMARTS) is 1. The van der Waals surface area contributed by atoms with Gasteiger partial charge in [0.05, 0.1) is 11.8 Å². The Morgan fingerprint density at radius 2 is 1.63 bits per heavy atom. The van der Waals surface area contributed by atoms with Crippen LogP contribution >= 0.6 is 23.2 Å². The summed E-state index contributed by atoms with van der Waals surface area (Å²) in [4.78, 5) is 38.6. The number of hydrogen-bond acceptors (Lipinski definition) is 4. The molecule has 8 heteroatoms. The standard InChI is InChI=1S/C44H63Cl2NO5/c1-26(2)29-14-19-44(23-35(48)47-25-27-10-11-28(45)22-31(27)46)21-20-42(8)30(37(29)44)12-13-33-41(7)17-16-34(52-36(49)24-39(3,4)38(50)51)40(5,6)32(41)15-18-43(33,42)9/h10-11,22,29-30,32-34,37H,1,12-21,23-25H2,2-9H3,(H,47,48)(H,50,51)/t29-,30?,32-,33+,34?,37+,41-,42+,43+,44+/m0/s1. The summed E-state index contributed by atoms with van der Waals surface area (Å²) < 4.78 is 6.18. The molecule has 10 atom stereocenters. The van der Waals surface area contributed by atoms with E-state index in [9.17, 15) is 19.5 Å². The van der Waals surface area contributed by atoms with Crippen molar-refractivity contribution in [2.24, 2.45) is 62.1 Å². The molecule has 1 aromatic carbocycles. The fourth-order valence-electron chi connectivity index (χ4n) is 13.7. The highest BCUT2D eigenvalue weighted by molar-refractivity contribution is 6.35. The summed E-state index contributed by atoms with van der Waals surface area (Å²) in [6.45, 7) is 22.7. The molecule has 288 valence electrons. The van der Waals surface area contributed by atoms with Gasteiger partial charge in [-0.25, -0.2) is 0 Å². The average molecular weight is 757 g/mol. The molecule has 6 nitrogen and oxygen atoms in total. The average Bonchev–Trinajstić information content (AvgIpc) is 3.41. The molecular formula is C44H63Cl2NO5. The Morgan fingerprint density at radius 3 is 2.29 bits per heavy atom. The molecule has 5 fully saturated rings. The third-order valence-electron chi connectivity index (χ3n) is 16.6. The van der Waals surface area contributed by atoms with Gasteiger partial charge in [0.15, 0.2) is 0 Å². The lowest BCUT2D eigenvalue weighted by atomic mass is 9.32. The van der Waals surface area contributed by atoms with Crippen LogP contribution in [-0.4, -0.2) is 29.1 Å². The van der Waals surface area contributed by atoms with E-state index in [1.54, 1.807) is 19.9 Å². The Labute approximate surface area is 322 Å². The van der Waals surface area contributed by atoms with Crippen LogP contribution in [0.5, 0.6) is 0 Å². The van der Waals surface area contributed by atoms with Crippen LogP contribution < -0.4 is 5.32 Å². The first-order valence-electron chi connectivity index (χ1n) is 19.9. The van der Waals surface area contributed by atoms with Gasteiger partial charge < -0.3 is 15.2 Å². The van der Waals surface area contributed by atoms with Gasteiger partial charge in [-0.05, 0) is 154 Å². The molecule has 2 unspecified atom stereocenters. The van der Waals surface area contributed by atoms with Crippen LogP contribution in [0.4, 0.5) is 0 Å². The maximum Gasteiger partial charge on any atom is 0.309 e. The largest absolute Gasteiger partial charge is 0.481 e. The number of esters is 1. The van der Waals surface area contributed by atoms with Crippen molar-refractivity contribution in [1.82, 2.24) is 5.32 Å². The molecule has 5 aliphatic rings. The fraction of sp³-hybridized carbons (Fsp3) is 0.750. The molecule has 0 aliphatic heterocycles. The first-order valence-corrected chi connectivity index (χ1v) is 20.7. The summed E-state index contributed by atoms with van der Waals surface area (Å²) in [5.74, 6) is 1.11. The third kappa shape index (κ3) is 6.36. The predicted molar refractivity (Wildman–Crippen MR) is 208 cm³/mol. The number of amides is 1. The molecule has 52 heavy (non-hydrogen) atoms. The molecule has 0 radical (unpaired) electrons. The van der Waals surface area contributed by atoms with Gasteiger partial charge in [0, 0.05) is 28.4 Å². The quantitative estimate of drug-likeness (QED) is 0.193. The van der Waals surface area contributed by atoms with Crippen LogP contribution in [0.25, 0.3) is 0 Å².